The molecular formula is C17H21NO3. The van der Waals surface area contributed by atoms with E-state index in [1.54, 1.807) is 7.11 Å². The smallest absolute Gasteiger partial charge is 0.311 e. The second kappa shape index (κ2) is 7.68. The fourth-order valence-electron chi connectivity index (χ4n) is 2.85. The summed E-state index contributed by atoms with van der Waals surface area (Å²) in [6, 6.07) is 9.50. The minimum atomic E-state index is -0.618. The van der Waals surface area contributed by atoms with Gasteiger partial charge in [-0.15, -0.1) is 0 Å². The Morgan fingerprint density at radius 1 is 1.33 bits per heavy atom. The normalized spacial score (nSPS) is 16.8. The molecule has 2 rings (SSSR count). The summed E-state index contributed by atoms with van der Waals surface area (Å²) in [6.07, 6.45) is 4.91. The van der Waals surface area contributed by atoms with Gasteiger partial charge >= 0.3 is 5.97 Å². The Hall–Kier alpha value is -2.02. The number of benzene rings is 1. The average molecular weight is 287 g/mol. The number of ether oxygens (including phenoxy) is 2. The number of nitrogens with zero attached hydrogens (tertiary/aromatic N) is 1. The minimum Gasteiger partial charge on any atom is -0.496 e. The van der Waals surface area contributed by atoms with Crippen molar-refractivity contribution < 1.29 is 14.3 Å². The fourth-order valence-corrected chi connectivity index (χ4v) is 2.85. The van der Waals surface area contributed by atoms with Crippen molar-refractivity contribution in [1.29, 1.82) is 5.26 Å². The van der Waals surface area contributed by atoms with Crippen LogP contribution in [0.25, 0.3) is 0 Å². The maximum Gasteiger partial charge on any atom is 0.311 e. The Morgan fingerprint density at radius 2 is 2.05 bits per heavy atom. The predicted molar refractivity (Wildman–Crippen MR) is 78.8 cm³/mol. The van der Waals surface area contributed by atoms with Crippen LogP contribution < -0.4 is 4.74 Å². The van der Waals surface area contributed by atoms with Gasteiger partial charge in [-0.25, -0.2) is 0 Å². The first-order valence-corrected chi connectivity index (χ1v) is 7.45. The van der Waals surface area contributed by atoms with E-state index in [4.69, 9.17) is 9.47 Å². The number of rotatable bonds is 5. The van der Waals surface area contributed by atoms with Crippen molar-refractivity contribution >= 4 is 5.97 Å². The van der Waals surface area contributed by atoms with Crippen LogP contribution in [0.4, 0.5) is 0 Å². The number of carbonyl (C=O) groups is 1. The van der Waals surface area contributed by atoms with E-state index in [1.807, 2.05) is 24.3 Å². The maximum atomic E-state index is 12.1. The molecule has 0 heterocycles. The summed E-state index contributed by atoms with van der Waals surface area (Å²) < 4.78 is 10.6. The molecule has 4 heteroatoms. The molecule has 4 nitrogen and oxygen atoms in total. The highest BCUT2D eigenvalue weighted by Gasteiger charge is 2.26. The first-order chi connectivity index (χ1) is 10.2. The highest BCUT2D eigenvalue weighted by molar-refractivity contribution is 5.74. The summed E-state index contributed by atoms with van der Waals surface area (Å²) in [5.74, 6) is 0.489. The van der Waals surface area contributed by atoms with Crippen LogP contribution in [0, 0.1) is 17.2 Å². The molecule has 1 aliphatic carbocycles. The lowest BCUT2D eigenvalue weighted by atomic mass is 9.85. The molecule has 1 aromatic carbocycles. The Labute approximate surface area is 125 Å². The third-order valence-corrected chi connectivity index (χ3v) is 3.99. The van der Waals surface area contributed by atoms with E-state index in [9.17, 15) is 10.1 Å². The van der Waals surface area contributed by atoms with E-state index < -0.39 is 6.10 Å². The van der Waals surface area contributed by atoms with Crippen molar-refractivity contribution in [3.63, 3.8) is 0 Å². The molecule has 0 radical (unpaired) electrons. The molecule has 1 saturated carbocycles. The molecule has 21 heavy (non-hydrogen) atoms. The summed E-state index contributed by atoms with van der Waals surface area (Å²) in [4.78, 5) is 12.1. The third-order valence-electron chi connectivity index (χ3n) is 3.99. The number of carbonyl (C=O) groups excluding carboxylic acids is 1. The standard InChI is InChI=1S/C17H21NO3/c1-20-15-10-6-5-9-14(15)11-17(19)21-16(12-18)13-7-3-2-4-8-13/h5-6,9-10,13,16H,2-4,7-8,11H2,1H3/t16-/m1/s1. The van der Waals surface area contributed by atoms with Crippen LogP contribution in [0.5, 0.6) is 5.75 Å². The molecule has 0 aromatic heterocycles. The van der Waals surface area contributed by atoms with Crippen LogP contribution in [0.2, 0.25) is 0 Å². The maximum absolute atomic E-state index is 12.1. The van der Waals surface area contributed by atoms with Crippen molar-refractivity contribution in [3.8, 4) is 11.8 Å². The second-order valence-corrected chi connectivity index (χ2v) is 5.43. The van der Waals surface area contributed by atoms with Gasteiger partial charge in [-0.3, -0.25) is 4.79 Å². The quantitative estimate of drug-likeness (QED) is 0.780. The molecule has 1 aromatic rings. The molecule has 112 valence electrons. The number of methoxy groups -OCH3 is 1. The Kier molecular flexibility index (Phi) is 5.62. The van der Waals surface area contributed by atoms with Crippen LogP contribution in [0.15, 0.2) is 24.3 Å². The molecule has 0 saturated heterocycles. The monoisotopic (exact) mass is 287 g/mol. The average Bonchev–Trinajstić information content (AvgIpc) is 2.54. The summed E-state index contributed by atoms with van der Waals surface area (Å²) >= 11 is 0. The van der Waals surface area contributed by atoms with Crippen molar-refractivity contribution in [3.05, 3.63) is 29.8 Å². The summed E-state index contributed by atoms with van der Waals surface area (Å²) in [6.45, 7) is 0. The van der Waals surface area contributed by atoms with Crippen LogP contribution in [0.1, 0.15) is 37.7 Å². The Balaban J connectivity index is 1.95. The molecule has 0 unspecified atom stereocenters. The van der Waals surface area contributed by atoms with Gasteiger partial charge in [0.1, 0.15) is 11.8 Å². The molecule has 0 amide bonds. The summed E-state index contributed by atoms with van der Waals surface area (Å²) in [7, 11) is 1.57. The van der Waals surface area contributed by atoms with E-state index >= 15 is 0 Å². The third kappa shape index (κ3) is 4.22. The van der Waals surface area contributed by atoms with Gasteiger partial charge < -0.3 is 9.47 Å². The molecule has 0 spiro atoms. The Bertz CT molecular complexity index is 515. The van der Waals surface area contributed by atoms with Gasteiger partial charge in [-0.1, -0.05) is 37.5 Å². The predicted octanol–water partition coefficient (Wildman–Crippen LogP) is 3.25. The SMILES string of the molecule is COc1ccccc1CC(=O)O[C@H](C#N)C1CCCCC1. The lowest BCUT2D eigenvalue weighted by Crippen LogP contribution is -2.28. The number of hydrogen-bond acceptors (Lipinski definition) is 4. The van der Waals surface area contributed by atoms with E-state index in [0.717, 1.165) is 31.2 Å². The first kappa shape index (κ1) is 15.4. The van der Waals surface area contributed by atoms with Gasteiger partial charge in [0.05, 0.1) is 13.5 Å². The lowest BCUT2D eigenvalue weighted by molar-refractivity contribution is -0.148. The van der Waals surface area contributed by atoms with E-state index in [2.05, 4.69) is 6.07 Å². The van der Waals surface area contributed by atoms with Gasteiger partial charge in [0.2, 0.25) is 0 Å². The van der Waals surface area contributed by atoms with Gasteiger partial charge in [-0.2, -0.15) is 5.26 Å². The molecule has 0 aliphatic heterocycles. The van der Waals surface area contributed by atoms with E-state index in [0.29, 0.717) is 5.75 Å². The van der Waals surface area contributed by atoms with Gasteiger partial charge in [0, 0.05) is 11.5 Å². The van der Waals surface area contributed by atoms with E-state index in [1.165, 1.54) is 6.42 Å². The van der Waals surface area contributed by atoms with Crippen LogP contribution in [0.3, 0.4) is 0 Å². The molecule has 0 N–H and O–H groups in total. The van der Waals surface area contributed by atoms with Crippen molar-refractivity contribution in [2.75, 3.05) is 7.11 Å². The lowest BCUT2D eigenvalue weighted by Gasteiger charge is -2.25. The van der Waals surface area contributed by atoms with Crippen molar-refractivity contribution in [2.45, 2.75) is 44.6 Å². The fraction of sp³-hybridized carbons (Fsp3) is 0.529. The highest BCUT2D eigenvalue weighted by Crippen LogP contribution is 2.28. The van der Waals surface area contributed by atoms with E-state index in [-0.39, 0.29) is 18.3 Å². The highest BCUT2D eigenvalue weighted by atomic mass is 16.5. The molecular weight excluding hydrogens is 266 g/mol. The zero-order chi connectivity index (χ0) is 15.1. The Morgan fingerprint density at radius 3 is 2.71 bits per heavy atom. The summed E-state index contributed by atoms with van der Waals surface area (Å²) in [5.41, 5.74) is 0.783. The number of nitriles is 1. The largest absolute Gasteiger partial charge is 0.496 e. The van der Waals surface area contributed by atoms with Gasteiger partial charge in [0.25, 0.3) is 0 Å². The molecule has 1 atom stereocenters. The first-order valence-electron chi connectivity index (χ1n) is 7.45. The van der Waals surface area contributed by atoms with Gasteiger partial charge in [-0.05, 0) is 18.9 Å². The molecule has 1 aliphatic rings. The van der Waals surface area contributed by atoms with Crippen LogP contribution >= 0.6 is 0 Å². The number of esters is 1. The van der Waals surface area contributed by atoms with Crippen LogP contribution in [-0.4, -0.2) is 19.2 Å². The number of para-hydroxylation sites is 1. The zero-order valence-corrected chi connectivity index (χ0v) is 12.4. The number of hydrogen-bond donors (Lipinski definition) is 0. The topological polar surface area (TPSA) is 59.3 Å². The zero-order valence-electron chi connectivity index (χ0n) is 12.4. The molecule has 0 bridgehead atoms. The van der Waals surface area contributed by atoms with Crippen LogP contribution in [-0.2, 0) is 16.0 Å². The summed E-state index contributed by atoms with van der Waals surface area (Å²) in [5, 5.41) is 9.24. The van der Waals surface area contributed by atoms with Crippen molar-refractivity contribution in [2.24, 2.45) is 5.92 Å². The molecule has 1 fully saturated rings. The second-order valence-electron chi connectivity index (χ2n) is 5.43. The minimum absolute atomic E-state index is 0.134. The van der Waals surface area contributed by atoms with Gasteiger partial charge in [0.15, 0.2) is 6.10 Å². The van der Waals surface area contributed by atoms with Crippen molar-refractivity contribution in [1.82, 2.24) is 0 Å².